The van der Waals surface area contributed by atoms with Crippen LogP contribution < -0.4 is 15.0 Å². The normalized spacial score (nSPS) is 12.2. The fourth-order valence-electron chi connectivity index (χ4n) is 1.35. The maximum atomic E-state index is 5.70. The molecule has 1 atom stereocenters. The lowest BCUT2D eigenvalue weighted by Crippen LogP contribution is -2.23. The number of hydrogen-bond donors (Lipinski definition) is 1. The SMILES string of the molecule is CNC(C)CCOc1cccc(N(C)C)c1. The quantitative estimate of drug-likeness (QED) is 0.798. The van der Waals surface area contributed by atoms with Crippen molar-refractivity contribution in [2.45, 2.75) is 19.4 Å². The summed E-state index contributed by atoms with van der Waals surface area (Å²) >= 11 is 0. The molecular formula is C13H22N2O. The highest BCUT2D eigenvalue weighted by atomic mass is 16.5. The summed E-state index contributed by atoms with van der Waals surface area (Å²) in [7, 11) is 6.03. The minimum atomic E-state index is 0.497. The second-order valence-corrected chi connectivity index (χ2v) is 4.22. The molecule has 0 amide bonds. The number of benzene rings is 1. The third-order valence-electron chi connectivity index (χ3n) is 2.65. The van der Waals surface area contributed by atoms with Crippen LogP contribution in [0.1, 0.15) is 13.3 Å². The van der Waals surface area contributed by atoms with Crippen LogP contribution in [0.25, 0.3) is 0 Å². The van der Waals surface area contributed by atoms with Gasteiger partial charge >= 0.3 is 0 Å². The Morgan fingerprint density at radius 3 is 2.75 bits per heavy atom. The summed E-state index contributed by atoms with van der Waals surface area (Å²) < 4.78 is 5.70. The van der Waals surface area contributed by atoms with E-state index in [4.69, 9.17) is 4.74 Å². The van der Waals surface area contributed by atoms with Crippen LogP contribution in [0.3, 0.4) is 0 Å². The van der Waals surface area contributed by atoms with Crippen LogP contribution in [0.2, 0.25) is 0 Å². The number of nitrogens with one attached hydrogen (secondary N) is 1. The third kappa shape index (κ3) is 4.11. The number of anilines is 1. The molecule has 1 unspecified atom stereocenters. The molecule has 1 aromatic carbocycles. The van der Waals surface area contributed by atoms with Gasteiger partial charge in [-0.25, -0.2) is 0 Å². The molecule has 90 valence electrons. The summed E-state index contributed by atoms with van der Waals surface area (Å²) in [6.07, 6.45) is 1.02. The van der Waals surface area contributed by atoms with E-state index >= 15 is 0 Å². The van der Waals surface area contributed by atoms with Gasteiger partial charge in [0.1, 0.15) is 5.75 Å². The largest absolute Gasteiger partial charge is 0.493 e. The van der Waals surface area contributed by atoms with Gasteiger partial charge in [-0.2, -0.15) is 0 Å². The average Bonchev–Trinajstić information content (AvgIpc) is 2.29. The minimum Gasteiger partial charge on any atom is -0.493 e. The molecule has 3 heteroatoms. The van der Waals surface area contributed by atoms with E-state index in [0.717, 1.165) is 18.8 Å². The molecule has 16 heavy (non-hydrogen) atoms. The van der Waals surface area contributed by atoms with Gasteiger partial charge in [0, 0.05) is 31.9 Å². The topological polar surface area (TPSA) is 24.5 Å². The van der Waals surface area contributed by atoms with Gasteiger partial charge in [0.15, 0.2) is 0 Å². The number of nitrogens with zero attached hydrogens (tertiary/aromatic N) is 1. The molecular weight excluding hydrogens is 200 g/mol. The Morgan fingerprint density at radius 1 is 1.38 bits per heavy atom. The minimum absolute atomic E-state index is 0.497. The fourth-order valence-corrected chi connectivity index (χ4v) is 1.35. The molecule has 0 aliphatic rings. The molecule has 0 saturated carbocycles. The Morgan fingerprint density at radius 2 is 2.12 bits per heavy atom. The predicted octanol–water partition coefficient (Wildman–Crippen LogP) is 2.13. The lowest BCUT2D eigenvalue weighted by Gasteiger charge is -2.15. The fraction of sp³-hybridized carbons (Fsp3) is 0.538. The van der Waals surface area contributed by atoms with Crippen molar-refractivity contribution >= 4 is 5.69 Å². The lowest BCUT2D eigenvalue weighted by molar-refractivity contribution is 0.293. The van der Waals surface area contributed by atoms with Crippen LogP contribution in [0.5, 0.6) is 5.75 Å². The monoisotopic (exact) mass is 222 g/mol. The molecule has 0 spiro atoms. The average molecular weight is 222 g/mol. The second kappa shape index (κ2) is 6.38. The van der Waals surface area contributed by atoms with Crippen LogP contribution in [0.15, 0.2) is 24.3 Å². The van der Waals surface area contributed by atoms with Gasteiger partial charge in [0.05, 0.1) is 6.61 Å². The van der Waals surface area contributed by atoms with Crippen molar-refractivity contribution in [2.24, 2.45) is 0 Å². The highest BCUT2D eigenvalue weighted by Gasteiger charge is 2.00. The standard InChI is InChI=1S/C13H22N2O/c1-11(14-2)8-9-16-13-7-5-6-12(10-13)15(3)4/h5-7,10-11,14H,8-9H2,1-4H3. The molecule has 0 aromatic heterocycles. The van der Waals surface area contributed by atoms with Crippen LogP contribution in [0.4, 0.5) is 5.69 Å². The lowest BCUT2D eigenvalue weighted by atomic mass is 10.2. The first-order valence-electron chi connectivity index (χ1n) is 5.71. The van der Waals surface area contributed by atoms with E-state index in [0.29, 0.717) is 6.04 Å². The number of ether oxygens (including phenoxy) is 1. The summed E-state index contributed by atoms with van der Waals surface area (Å²) in [5.74, 6) is 0.939. The zero-order chi connectivity index (χ0) is 12.0. The Labute approximate surface area is 98.4 Å². The molecule has 1 rings (SSSR count). The first kappa shape index (κ1) is 12.8. The van der Waals surface area contributed by atoms with Gasteiger partial charge in [0.2, 0.25) is 0 Å². The molecule has 0 bridgehead atoms. The first-order valence-corrected chi connectivity index (χ1v) is 5.71. The van der Waals surface area contributed by atoms with Crippen LogP contribution >= 0.6 is 0 Å². The van der Waals surface area contributed by atoms with Gasteiger partial charge in [-0.1, -0.05) is 6.07 Å². The van der Waals surface area contributed by atoms with Crippen LogP contribution in [0, 0.1) is 0 Å². The van der Waals surface area contributed by atoms with Crippen molar-refractivity contribution in [1.29, 1.82) is 0 Å². The Kier molecular flexibility index (Phi) is 5.12. The smallest absolute Gasteiger partial charge is 0.121 e. The van der Waals surface area contributed by atoms with Crippen LogP contribution in [-0.2, 0) is 0 Å². The van der Waals surface area contributed by atoms with Crippen molar-refractivity contribution < 1.29 is 4.74 Å². The van der Waals surface area contributed by atoms with Gasteiger partial charge in [-0.15, -0.1) is 0 Å². The molecule has 1 N–H and O–H groups in total. The van der Waals surface area contributed by atoms with E-state index in [1.807, 2.05) is 33.3 Å². The Bertz CT molecular complexity index is 313. The highest BCUT2D eigenvalue weighted by molar-refractivity contribution is 5.49. The number of hydrogen-bond acceptors (Lipinski definition) is 3. The predicted molar refractivity (Wildman–Crippen MR) is 69.4 cm³/mol. The van der Waals surface area contributed by atoms with Crippen molar-refractivity contribution in [1.82, 2.24) is 5.32 Å². The van der Waals surface area contributed by atoms with Crippen molar-refractivity contribution in [3.63, 3.8) is 0 Å². The summed E-state index contributed by atoms with van der Waals surface area (Å²) in [5, 5.41) is 3.19. The molecule has 3 nitrogen and oxygen atoms in total. The van der Waals surface area contributed by atoms with Crippen molar-refractivity contribution in [2.75, 3.05) is 32.6 Å². The molecule has 1 aromatic rings. The van der Waals surface area contributed by atoms with Gasteiger partial charge in [0.25, 0.3) is 0 Å². The first-order chi connectivity index (χ1) is 7.63. The summed E-state index contributed by atoms with van der Waals surface area (Å²) in [4.78, 5) is 2.07. The summed E-state index contributed by atoms with van der Waals surface area (Å²) in [5.41, 5.74) is 1.17. The zero-order valence-corrected chi connectivity index (χ0v) is 10.7. The maximum Gasteiger partial charge on any atom is 0.121 e. The van der Waals surface area contributed by atoms with E-state index in [-0.39, 0.29) is 0 Å². The van der Waals surface area contributed by atoms with Crippen molar-refractivity contribution in [3.8, 4) is 5.75 Å². The van der Waals surface area contributed by atoms with Crippen LogP contribution in [-0.4, -0.2) is 33.8 Å². The molecule has 0 heterocycles. The van der Waals surface area contributed by atoms with E-state index in [2.05, 4.69) is 29.3 Å². The molecule has 0 fully saturated rings. The number of rotatable bonds is 6. The summed E-state index contributed by atoms with van der Waals surface area (Å²) in [6, 6.07) is 8.65. The molecule has 0 radical (unpaired) electrons. The second-order valence-electron chi connectivity index (χ2n) is 4.22. The van der Waals surface area contributed by atoms with Gasteiger partial charge in [-0.3, -0.25) is 0 Å². The van der Waals surface area contributed by atoms with Gasteiger partial charge < -0.3 is 15.0 Å². The molecule has 0 aliphatic carbocycles. The molecule has 0 saturated heterocycles. The van der Waals surface area contributed by atoms with Crippen molar-refractivity contribution in [3.05, 3.63) is 24.3 Å². The summed E-state index contributed by atoms with van der Waals surface area (Å²) in [6.45, 7) is 2.90. The van der Waals surface area contributed by atoms with Gasteiger partial charge in [-0.05, 0) is 32.5 Å². The van der Waals surface area contributed by atoms with E-state index in [9.17, 15) is 0 Å². The van der Waals surface area contributed by atoms with E-state index in [1.165, 1.54) is 5.69 Å². The Balaban J connectivity index is 2.45. The zero-order valence-electron chi connectivity index (χ0n) is 10.7. The van der Waals surface area contributed by atoms with E-state index in [1.54, 1.807) is 0 Å². The highest BCUT2D eigenvalue weighted by Crippen LogP contribution is 2.19. The maximum absolute atomic E-state index is 5.70. The third-order valence-corrected chi connectivity index (χ3v) is 2.65. The van der Waals surface area contributed by atoms with E-state index < -0.39 is 0 Å². The molecule has 0 aliphatic heterocycles. The Hall–Kier alpha value is -1.22.